The number of halogens is 1. The smallest absolute Gasteiger partial charge is 0.305 e. The third kappa shape index (κ3) is 5.04. The molecule has 2 unspecified atom stereocenters. The molecule has 6 heteroatoms. The molecule has 2 rings (SSSR count). The van der Waals surface area contributed by atoms with E-state index in [1.54, 1.807) is 18.2 Å². The first-order valence-corrected chi connectivity index (χ1v) is 7.87. The zero-order valence-electron chi connectivity index (χ0n) is 14.0. The fourth-order valence-electron chi connectivity index (χ4n) is 2.46. The Kier molecular flexibility index (Phi) is 6.11. The van der Waals surface area contributed by atoms with Crippen LogP contribution in [0.2, 0.25) is 0 Å². The van der Waals surface area contributed by atoms with E-state index in [1.807, 2.05) is 19.1 Å². The number of benzene rings is 2. The average molecular weight is 345 g/mol. The number of para-hydroxylation sites is 1. The van der Waals surface area contributed by atoms with E-state index in [1.165, 1.54) is 25.1 Å². The third-order valence-corrected chi connectivity index (χ3v) is 3.77. The predicted molar refractivity (Wildman–Crippen MR) is 90.8 cm³/mol. The van der Waals surface area contributed by atoms with Crippen LogP contribution in [0, 0.1) is 12.7 Å². The topological polar surface area (TPSA) is 75.6 Å². The van der Waals surface area contributed by atoms with Crippen LogP contribution in [0.4, 0.5) is 4.39 Å². The molecule has 0 spiro atoms. The van der Waals surface area contributed by atoms with Crippen LogP contribution in [-0.4, -0.2) is 23.1 Å². The van der Waals surface area contributed by atoms with Gasteiger partial charge in [-0.15, -0.1) is 0 Å². The molecule has 5 nitrogen and oxygen atoms in total. The third-order valence-electron chi connectivity index (χ3n) is 3.77. The summed E-state index contributed by atoms with van der Waals surface area (Å²) in [5, 5.41) is 11.8. The quantitative estimate of drug-likeness (QED) is 0.808. The second kappa shape index (κ2) is 8.28. The second-order valence-corrected chi connectivity index (χ2v) is 5.71. The monoisotopic (exact) mass is 345 g/mol. The van der Waals surface area contributed by atoms with Gasteiger partial charge in [0, 0.05) is 0 Å². The highest BCUT2D eigenvalue weighted by Gasteiger charge is 2.23. The van der Waals surface area contributed by atoms with Crippen molar-refractivity contribution in [3.63, 3.8) is 0 Å². The Labute approximate surface area is 145 Å². The highest BCUT2D eigenvalue weighted by molar-refractivity contribution is 5.82. The van der Waals surface area contributed by atoms with Crippen molar-refractivity contribution in [1.82, 2.24) is 5.32 Å². The van der Waals surface area contributed by atoms with Gasteiger partial charge in [0.2, 0.25) is 0 Å². The Balaban J connectivity index is 2.12. The molecule has 1 amide bonds. The summed E-state index contributed by atoms with van der Waals surface area (Å²) in [6.45, 7) is 3.33. The van der Waals surface area contributed by atoms with E-state index < -0.39 is 29.8 Å². The first-order valence-electron chi connectivity index (χ1n) is 7.87. The van der Waals surface area contributed by atoms with Gasteiger partial charge in [-0.25, -0.2) is 4.39 Å². The molecule has 0 aliphatic rings. The van der Waals surface area contributed by atoms with Gasteiger partial charge in [-0.05, 0) is 37.1 Å². The van der Waals surface area contributed by atoms with E-state index >= 15 is 0 Å². The molecule has 0 aliphatic carbocycles. The van der Waals surface area contributed by atoms with Crippen molar-refractivity contribution >= 4 is 11.9 Å². The van der Waals surface area contributed by atoms with Crippen molar-refractivity contribution in [3.8, 4) is 5.75 Å². The largest absolute Gasteiger partial charge is 0.481 e. The second-order valence-electron chi connectivity index (χ2n) is 5.71. The van der Waals surface area contributed by atoms with Crippen molar-refractivity contribution in [3.05, 3.63) is 65.5 Å². The number of aryl methyl sites for hydroxylation is 1. The molecule has 132 valence electrons. The first kappa shape index (κ1) is 18.4. The lowest BCUT2D eigenvalue weighted by Crippen LogP contribution is -2.39. The van der Waals surface area contributed by atoms with Gasteiger partial charge in [0.15, 0.2) is 17.7 Å². The van der Waals surface area contributed by atoms with E-state index in [0.29, 0.717) is 0 Å². The molecule has 0 aliphatic heterocycles. The summed E-state index contributed by atoms with van der Waals surface area (Å²) in [6.07, 6.45) is -1.24. The molecule has 2 atom stereocenters. The summed E-state index contributed by atoms with van der Waals surface area (Å²) < 4.78 is 19.0. The number of hydrogen-bond acceptors (Lipinski definition) is 3. The molecular weight excluding hydrogens is 325 g/mol. The Hall–Kier alpha value is -2.89. The van der Waals surface area contributed by atoms with Crippen molar-refractivity contribution in [2.24, 2.45) is 0 Å². The fraction of sp³-hybridized carbons (Fsp3) is 0.263. The maximum absolute atomic E-state index is 13.6. The predicted octanol–water partition coefficient (Wildman–Crippen LogP) is 3.23. The highest BCUT2D eigenvalue weighted by Crippen LogP contribution is 2.22. The molecular formula is C19H20FNO4. The minimum Gasteiger partial charge on any atom is -0.481 e. The van der Waals surface area contributed by atoms with Crippen LogP contribution in [0.1, 0.15) is 30.5 Å². The number of aliphatic carboxylic acids is 1. The molecule has 2 N–H and O–H groups in total. The van der Waals surface area contributed by atoms with Gasteiger partial charge < -0.3 is 15.2 Å². The molecule has 0 radical (unpaired) electrons. The molecule has 0 aromatic heterocycles. The molecule has 0 bridgehead atoms. The fourth-order valence-corrected chi connectivity index (χ4v) is 2.46. The van der Waals surface area contributed by atoms with E-state index in [0.717, 1.165) is 11.1 Å². The molecule has 2 aromatic rings. The number of carbonyl (C=O) groups is 2. The van der Waals surface area contributed by atoms with Crippen LogP contribution in [-0.2, 0) is 9.59 Å². The van der Waals surface area contributed by atoms with Gasteiger partial charge in [0.05, 0.1) is 12.5 Å². The highest BCUT2D eigenvalue weighted by atomic mass is 19.1. The van der Waals surface area contributed by atoms with E-state index in [-0.39, 0.29) is 12.2 Å². The molecule has 2 aromatic carbocycles. The van der Waals surface area contributed by atoms with Crippen LogP contribution in [0.5, 0.6) is 5.75 Å². The number of hydrogen-bond donors (Lipinski definition) is 2. The number of carbonyl (C=O) groups excluding carboxylic acids is 1. The number of ether oxygens (including phenoxy) is 1. The zero-order valence-corrected chi connectivity index (χ0v) is 14.0. The summed E-state index contributed by atoms with van der Waals surface area (Å²) in [5.41, 5.74) is 1.59. The van der Waals surface area contributed by atoms with Crippen LogP contribution >= 0.6 is 0 Å². The van der Waals surface area contributed by atoms with Gasteiger partial charge in [-0.2, -0.15) is 0 Å². The number of amides is 1. The van der Waals surface area contributed by atoms with Gasteiger partial charge in [-0.3, -0.25) is 9.59 Å². The summed E-state index contributed by atoms with van der Waals surface area (Å²) in [4.78, 5) is 23.5. The van der Waals surface area contributed by atoms with E-state index in [4.69, 9.17) is 9.84 Å². The Bertz CT molecular complexity index is 763. The van der Waals surface area contributed by atoms with Gasteiger partial charge >= 0.3 is 5.97 Å². The minimum absolute atomic E-state index is 0.0316. The van der Waals surface area contributed by atoms with Crippen molar-refractivity contribution < 1.29 is 23.8 Å². The van der Waals surface area contributed by atoms with E-state index in [9.17, 15) is 14.0 Å². The lowest BCUT2D eigenvalue weighted by Gasteiger charge is -2.22. The van der Waals surface area contributed by atoms with Crippen LogP contribution in [0.25, 0.3) is 0 Å². The summed E-state index contributed by atoms with van der Waals surface area (Å²) in [5.74, 6) is -2.15. The standard InChI is InChI=1S/C19H20FNO4/c1-12-7-3-4-8-14(12)16(11-18(22)23)21-19(24)13(2)25-17-10-6-5-9-15(17)20/h3-10,13,16H,11H2,1-2H3,(H,21,24)(H,22,23). The average Bonchev–Trinajstić information content (AvgIpc) is 2.56. The summed E-state index contributed by atoms with van der Waals surface area (Å²) >= 11 is 0. The Morgan fingerprint density at radius 2 is 1.80 bits per heavy atom. The molecule has 0 heterocycles. The van der Waals surface area contributed by atoms with Crippen LogP contribution in [0.15, 0.2) is 48.5 Å². The molecule has 25 heavy (non-hydrogen) atoms. The number of nitrogens with one attached hydrogen (secondary N) is 1. The van der Waals surface area contributed by atoms with Gasteiger partial charge in [0.1, 0.15) is 0 Å². The normalized spacial score (nSPS) is 12.9. The number of rotatable bonds is 7. The number of carboxylic acid groups (broad SMARTS) is 1. The van der Waals surface area contributed by atoms with Gasteiger partial charge in [-0.1, -0.05) is 36.4 Å². The number of carboxylic acids is 1. The maximum atomic E-state index is 13.6. The minimum atomic E-state index is -1.03. The summed E-state index contributed by atoms with van der Waals surface area (Å²) in [6, 6.07) is 12.3. The molecule has 0 saturated heterocycles. The zero-order chi connectivity index (χ0) is 18.4. The van der Waals surface area contributed by atoms with Crippen molar-refractivity contribution in [2.75, 3.05) is 0 Å². The van der Waals surface area contributed by atoms with Crippen LogP contribution < -0.4 is 10.1 Å². The van der Waals surface area contributed by atoms with Crippen molar-refractivity contribution in [1.29, 1.82) is 0 Å². The summed E-state index contributed by atoms with van der Waals surface area (Å²) in [7, 11) is 0. The lowest BCUT2D eigenvalue weighted by molar-refractivity contribution is -0.138. The Morgan fingerprint density at radius 1 is 1.16 bits per heavy atom. The van der Waals surface area contributed by atoms with Gasteiger partial charge in [0.25, 0.3) is 5.91 Å². The van der Waals surface area contributed by atoms with E-state index in [2.05, 4.69) is 5.32 Å². The SMILES string of the molecule is Cc1ccccc1C(CC(=O)O)NC(=O)C(C)Oc1ccccc1F. The molecule has 0 saturated carbocycles. The Morgan fingerprint density at radius 3 is 2.44 bits per heavy atom. The van der Waals surface area contributed by atoms with Crippen molar-refractivity contribution in [2.45, 2.75) is 32.4 Å². The molecule has 0 fully saturated rings. The van der Waals surface area contributed by atoms with Crippen LogP contribution in [0.3, 0.4) is 0 Å². The maximum Gasteiger partial charge on any atom is 0.305 e. The lowest BCUT2D eigenvalue weighted by atomic mass is 9.98. The first-order chi connectivity index (χ1) is 11.9.